The Bertz CT molecular complexity index is 764. The lowest BCUT2D eigenvalue weighted by atomic mass is 9.78. The molecule has 0 aromatic heterocycles. The quantitative estimate of drug-likeness (QED) is 0.461. The molecule has 1 aliphatic rings. The van der Waals surface area contributed by atoms with Crippen molar-refractivity contribution in [2.75, 3.05) is 7.11 Å². The standard InChI is InChI=1S/C22H28N2O4/c1-14-6-5-7-20(15(14)2)24-21(25)16(3)28-22(26)18(13-23)12-17-8-10-19(27-4)11-9-17/h8-12,14-16,20H,5-7H2,1-4H3,(H,24,25)/b18-12+/t14-,15+,16+,20-/m0/s1. The van der Waals surface area contributed by atoms with Crippen molar-refractivity contribution in [1.29, 1.82) is 5.26 Å². The van der Waals surface area contributed by atoms with Crippen molar-refractivity contribution in [2.24, 2.45) is 11.8 Å². The number of amides is 1. The average molecular weight is 384 g/mol. The van der Waals surface area contributed by atoms with E-state index in [-0.39, 0.29) is 17.5 Å². The number of carbonyl (C=O) groups excluding carboxylic acids is 2. The summed E-state index contributed by atoms with van der Waals surface area (Å²) in [5.74, 6) is 0.460. The fourth-order valence-corrected chi connectivity index (χ4v) is 3.37. The van der Waals surface area contributed by atoms with Crippen LogP contribution in [-0.4, -0.2) is 31.1 Å². The molecule has 1 N–H and O–H groups in total. The highest BCUT2D eigenvalue weighted by atomic mass is 16.5. The molecule has 1 aliphatic carbocycles. The number of carbonyl (C=O) groups is 2. The summed E-state index contributed by atoms with van der Waals surface area (Å²) in [5, 5.41) is 12.3. The summed E-state index contributed by atoms with van der Waals surface area (Å²) in [4.78, 5) is 24.7. The molecule has 0 aliphatic heterocycles. The van der Waals surface area contributed by atoms with Gasteiger partial charge in [0, 0.05) is 6.04 Å². The van der Waals surface area contributed by atoms with E-state index in [2.05, 4.69) is 19.2 Å². The van der Waals surface area contributed by atoms with Crippen molar-refractivity contribution in [1.82, 2.24) is 5.32 Å². The molecule has 1 aromatic rings. The molecule has 0 radical (unpaired) electrons. The Morgan fingerprint density at radius 1 is 1.25 bits per heavy atom. The van der Waals surface area contributed by atoms with Crippen molar-refractivity contribution < 1.29 is 19.1 Å². The van der Waals surface area contributed by atoms with E-state index in [1.165, 1.54) is 19.4 Å². The van der Waals surface area contributed by atoms with Crippen LogP contribution in [0.5, 0.6) is 5.75 Å². The minimum absolute atomic E-state index is 0.0858. The molecule has 1 aromatic carbocycles. The van der Waals surface area contributed by atoms with Crippen LogP contribution in [0.1, 0.15) is 45.6 Å². The fraction of sp³-hybridized carbons (Fsp3) is 0.500. The van der Waals surface area contributed by atoms with Crippen molar-refractivity contribution in [3.8, 4) is 11.8 Å². The predicted octanol–water partition coefficient (Wildman–Crippen LogP) is 3.47. The monoisotopic (exact) mass is 384 g/mol. The lowest BCUT2D eigenvalue weighted by molar-refractivity contribution is -0.151. The molecule has 150 valence electrons. The van der Waals surface area contributed by atoms with E-state index in [9.17, 15) is 14.9 Å². The molecule has 28 heavy (non-hydrogen) atoms. The molecule has 4 atom stereocenters. The fourth-order valence-electron chi connectivity index (χ4n) is 3.37. The van der Waals surface area contributed by atoms with E-state index >= 15 is 0 Å². The number of hydrogen-bond acceptors (Lipinski definition) is 5. The SMILES string of the molecule is COc1ccc(/C=C(\C#N)C(=O)O[C@H](C)C(=O)N[C@H]2CCC[C@H](C)[C@H]2C)cc1. The van der Waals surface area contributed by atoms with Crippen LogP contribution in [0.25, 0.3) is 6.08 Å². The Kier molecular flexibility index (Phi) is 7.62. The number of benzene rings is 1. The van der Waals surface area contributed by atoms with Crippen LogP contribution in [0.15, 0.2) is 29.8 Å². The Hall–Kier alpha value is -2.81. The molecule has 0 spiro atoms. The summed E-state index contributed by atoms with van der Waals surface area (Å²) >= 11 is 0. The van der Waals surface area contributed by atoms with E-state index in [0.29, 0.717) is 23.1 Å². The van der Waals surface area contributed by atoms with E-state index in [1.54, 1.807) is 31.4 Å². The van der Waals surface area contributed by atoms with Gasteiger partial charge in [0.2, 0.25) is 0 Å². The summed E-state index contributed by atoms with van der Waals surface area (Å²) < 4.78 is 10.3. The number of nitrogens with zero attached hydrogens (tertiary/aromatic N) is 1. The number of hydrogen-bond donors (Lipinski definition) is 1. The summed E-state index contributed by atoms with van der Waals surface area (Å²) in [6, 6.07) is 8.84. The van der Waals surface area contributed by atoms with Gasteiger partial charge >= 0.3 is 5.97 Å². The van der Waals surface area contributed by atoms with E-state index in [4.69, 9.17) is 9.47 Å². The topological polar surface area (TPSA) is 88.4 Å². The largest absolute Gasteiger partial charge is 0.497 e. The van der Waals surface area contributed by atoms with Gasteiger partial charge in [0.1, 0.15) is 17.4 Å². The first-order chi connectivity index (χ1) is 13.3. The second-order valence-corrected chi connectivity index (χ2v) is 7.37. The molecule has 0 unspecified atom stereocenters. The smallest absolute Gasteiger partial charge is 0.349 e. The first-order valence-corrected chi connectivity index (χ1v) is 9.63. The zero-order chi connectivity index (χ0) is 20.7. The van der Waals surface area contributed by atoms with Crippen LogP contribution in [0.3, 0.4) is 0 Å². The first-order valence-electron chi connectivity index (χ1n) is 9.63. The maximum Gasteiger partial charge on any atom is 0.349 e. The van der Waals surface area contributed by atoms with Crippen LogP contribution >= 0.6 is 0 Å². The minimum atomic E-state index is -0.968. The van der Waals surface area contributed by atoms with Crippen LogP contribution in [0.4, 0.5) is 0 Å². The zero-order valence-electron chi connectivity index (χ0n) is 16.9. The van der Waals surface area contributed by atoms with Gasteiger partial charge in [-0.2, -0.15) is 5.26 Å². The predicted molar refractivity (Wildman–Crippen MR) is 106 cm³/mol. The second kappa shape index (κ2) is 9.93. The summed E-state index contributed by atoms with van der Waals surface area (Å²) in [7, 11) is 1.56. The zero-order valence-corrected chi connectivity index (χ0v) is 16.9. The molecule has 1 fully saturated rings. The second-order valence-electron chi connectivity index (χ2n) is 7.37. The van der Waals surface area contributed by atoms with Gasteiger partial charge < -0.3 is 14.8 Å². The number of nitrogens with one attached hydrogen (secondary N) is 1. The van der Waals surface area contributed by atoms with Crippen molar-refractivity contribution >= 4 is 18.0 Å². The molecule has 1 amide bonds. The Morgan fingerprint density at radius 3 is 2.54 bits per heavy atom. The maximum absolute atomic E-state index is 12.4. The third-order valence-electron chi connectivity index (χ3n) is 5.45. The van der Waals surface area contributed by atoms with Crippen LogP contribution in [0.2, 0.25) is 0 Å². The Morgan fingerprint density at radius 2 is 1.93 bits per heavy atom. The van der Waals surface area contributed by atoms with Gasteiger partial charge in [-0.25, -0.2) is 4.79 Å². The third kappa shape index (κ3) is 5.59. The summed E-state index contributed by atoms with van der Waals surface area (Å²) in [6.45, 7) is 5.85. The van der Waals surface area contributed by atoms with E-state index in [0.717, 1.165) is 12.8 Å². The molecule has 2 rings (SSSR count). The number of rotatable bonds is 6. The molecule has 6 heteroatoms. The number of esters is 1. The van der Waals surface area contributed by atoms with Crippen molar-refractivity contribution in [3.05, 3.63) is 35.4 Å². The molecule has 0 bridgehead atoms. The normalized spacial score (nSPS) is 23.2. The molecule has 0 saturated heterocycles. The highest BCUT2D eigenvalue weighted by molar-refractivity contribution is 5.99. The van der Waals surface area contributed by atoms with Gasteiger partial charge in [-0.15, -0.1) is 0 Å². The van der Waals surface area contributed by atoms with Gasteiger partial charge in [0.05, 0.1) is 7.11 Å². The maximum atomic E-state index is 12.4. The van der Waals surface area contributed by atoms with E-state index < -0.39 is 12.1 Å². The van der Waals surface area contributed by atoms with E-state index in [1.807, 2.05) is 6.07 Å². The highest BCUT2D eigenvalue weighted by Gasteiger charge is 2.30. The van der Waals surface area contributed by atoms with Gasteiger partial charge in [-0.3, -0.25) is 4.79 Å². The molecule has 1 saturated carbocycles. The van der Waals surface area contributed by atoms with Gasteiger partial charge in [-0.05, 0) is 49.0 Å². The molecule has 0 heterocycles. The molecular formula is C22H28N2O4. The number of ether oxygens (including phenoxy) is 2. The highest BCUT2D eigenvalue weighted by Crippen LogP contribution is 2.29. The Labute approximate surface area is 166 Å². The number of nitriles is 1. The van der Waals surface area contributed by atoms with Crippen molar-refractivity contribution in [2.45, 2.75) is 52.2 Å². The first kappa shape index (κ1) is 21.5. The van der Waals surface area contributed by atoms with Gasteiger partial charge in [0.15, 0.2) is 6.10 Å². The lowest BCUT2D eigenvalue weighted by Crippen LogP contribution is -2.47. The molecule has 6 nitrogen and oxygen atoms in total. The Balaban J connectivity index is 1.97. The van der Waals surface area contributed by atoms with Gasteiger partial charge in [-0.1, -0.05) is 38.8 Å². The molecular weight excluding hydrogens is 356 g/mol. The third-order valence-corrected chi connectivity index (χ3v) is 5.45. The van der Waals surface area contributed by atoms with Crippen LogP contribution in [0, 0.1) is 23.2 Å². The summed E-state index contributed by atoms with van der Waals surface area (Å²) in [6.07, 6.45) is 3.63. The van der Waals surface area contributed by atoms with Crippen LogP contribution in [-0.2, 0) is 14.3 Å². The average Bonchev–Trinajstić information content (AvgIpc) is 2.69. The lowest BCUT2D eigenvalue weighted by Gasteiger charge is -2.35. The minimum Gasteiger partial charge on any atom is -0.497 e. The van der Waals surface area contributed by atoms with Crippen molar-refractivity contribution in [3.63, 3.8) is 0 Å². The van der Waals surface area contributed by atoms with Crippen LogP contribution < -0.4 is 10.1 Å². The number of methoxy groups -OCH3 is 1. The van der Waals surface area contributed by atoms with Gasteiger partial charge in [0.25, 0.3) is 5.91 Å². The summed E-state index contributed by atoms with van der Waals surface area (Å²) in [5.41, 5.74) is 0.501.